The topological polar surface area (TPSA) is 115 Å². The molecule has 1 N–H and O–H groups in total. The summed E-state index contributed by atoms with van der Waals surface area (Å²) >= 11 is 5.68. The number of aromatic nitrogens is 2. The zero-order chi connectivity index (χ0) is 14.9. The second-order valence-corrected chi connectivity index (χ2v) is 4.10. The highest BCUT2D eigenvalue weighted by atomic mass is 35.5. The molecule has 0 saturated heterocycles. The molecule has 1 heterocycles. The summed E-state index contributed by atoms with van der Waals surface area (Å²) in [6, 6.07) is 4.78. The number of nitrogens with zero attached hydrogens (tertiary/aromatic N) is 3. The molecule has 2 aromatic rings. The van der Waals surface area contributed by atoms with Crippen LogP contribution in [-0.2, 0) is 0 Å². The van der Waals surface area contributed by atoms with Gasteiger partial charge in [-0.1, -0.05) is 11.6 Å². The van der Waals surface area contributed by atoms with E-state index in [0.717, 1.165) is 23.0 Å². The van der Waals surface area contributed by atoms with Crippen molar-refractivity contribution < 1.29 is 14.8 Å². The first-order valence-electron chi connectivity index (χ1n) is 5.18. The molecule has 0 fully saturated rings. The third-order valence-electron chi connectivity index (χ3n) is 2.39. The molecule has 20 heavy (non-hydrogen) atoms. The number of carboxylic acid groups (broad SMARTS) is 1. The maximum atomic E-state index is 11.3. The van der Waals surface area contributed by atoms with Crippen LogP contribution in [0.1, 0.15) is 10.5 Å². The van der Waals surface area contributed by atoms with Crippen LogP contribution in [0.2, 0.25) is 5.02 Å². The summed E-state index contributed by atoms with van der Waals surface area (Å²) in [4.78, 5) is 32.4. The molecule has 8 nitrogen and oxygen atoms in total. The lowest BCUT2D eigenvalue weighted by Crippen LogP contribution is -2.20. The van der Waals surface area contributed by atoms with Crippen LogP contribution >= 0.6 is 11.6 Å². The maximum absolute atomic E-state index is 11.3. The molecular weight excluding hydrogens is 290 g/mol. The van der Waals surface area contributed by atoms with Crippen LogP contribution in [0.15, 0.2) is 35.3 Å². The van der Waals surface area contributed by atoms with Crippen molar-refractivity contribution in [3.8, 4) is 5.69 Å². The zero-order valence-electron chi connectivity index (χ0n) is 9.69. The normalized spacial score (nSPS) is 10.2. The molecule has 1 aromatic heterocycles. The molecule has 0 spiro atoms. The van der Waals surface area contributed by atoms with Crippen LogP contribution in [0.4, 0.5) is 5.69 Å². The van der Waals surface area contributed by atoms with Gasteiger partial charge in [0.25, 0.3) is 5.69 Å². The SMILES string of the molecule is O=C(O)c1nn(-c2ccc(Cl)cc2[N+](=O)[O-])ccc1=O. The van der Waals surface area contributed by atoms with Crippen molar-refractivity contribution in [2.45, 2.75) is 0 Å². The molecule has 0 aliphatic heterocycles. The minimum absolute atomic E-state index is 0.00176. The van der Waals surface area contributed by atoms with E-state index >= 15 is 0 Å². The standard InChI is InChI=1S/C11H6ClN3O5/c12-6-1-2-7(8(5-6)15(19)20)14-4-3-9(16)10(13-14)11(17)18/h1-5H,(H,17,18). The number of benzene rings is 1. The molecule has 102 valence electrons. The molecule has 0 aliphatic rings. The minimum atomic E-state index is -1.51. The second-order valence-electron chi connectivity index (χ2n) is 3.67. The van der Waals surface area contributed by atoms with Crippen LogP contribution in [0.3, 0.4) is 0 Å². The van der Waals surface area contributed by atoms with E-state index in [1.165, 1.54) is 12.1 Å². The molecule has 0 bridgehead atoms. The molecule has 0 amide bonds. The van der Waals surface area contributed by atoms with E-state index in [0.29, 0.717) is 0 Å². The summed E-state index contributed by atoms with van der Waals surface area (Å²) in [7, 11) is 0. The first-order valence-corrected chi connectivity index (χ1v) is 5.55. The number of hydrogen-bond acceptors (Lipinski definition) is 5. The minimum Gasteiger partial charge on any atom is -0.476 e. The lowest BCUT2D eigenvalue weighted by atomic mass is 10.2. The molecule has 0 unspecified atom stereocenters. The fourth-order valence-corrected chi connectivity index (χ4v) is 1.69. The molecule has 2 rings (SSSR count). The molecule has 9 heteroatoms. The van der Waals surface area contributed by atoms with Gasteiger partial charge in [-0.3, -0.25) is 14.9 Å². The van der Waals surface area contributed by atoms with Crippen molar-refractivity contribution in [3.63, 3.8) is 0 Å². The van der Waals surface area contributed by atoms with Crippen molar-refractivity contribution in [2.75, 3.05) is 0 Å². The Hall–Kier alpha value is -2.74. The molecule has 0 saturated carbocycles. The fraction of sp³-hybridized carbons (Fsp3) is 0. The van der Waals surface area contributed by atoms with Crippen LogP contribution in [0.5, 0.6) is 0 Å². The van der Waals surface area contributed by atoms with Gasteiger partial charge in [-0.2, -0.15) is 5.10 Å². The van der Waals surface area contributed by atoms with Gasteiger partial charge in [-0.25, -0.2) is 9.48 Å². The second kappa shape index (κ2) is 5.10. The smallest absolute Gasteiger partial charge is 0.360 e. The Balaban J connectivity index is 2.69. The van der Waals surface area contributed by atoms with Crippen LogP contribution < -0.4 is 5.43 Å². The first-order chi connectivity index (χ1) is 9.40. The first kappa shape index (κ1) is 13.7. The number of halogens is 1. The van der Waals surface area contributed by atoms with E-state index in [2.05, 4.69) is 5.10 Å². The molecule has 0 aliphatic carbocycles. The number of nitro groups is 1. The van der Waals surface area contributed by atoms with Gasteiger partial charge in [-0.15, -0.1) is 0 Å². The van der Waals surface area contributed by atoms with E-state index in [1.54, 1.807) is 0 Å². The van der Waals surface area contributed by atoms with Gasteiger partial charge in [-0.05, 0) is 12.1 Å². The van der Waals surface area contributed by atoms with E-state index in [9.17, 15) is 19.7 Å². The number of hydrogen-bond donors (Lipinski definition) is 1. The predicted molar refractivity (Wildman–Crippen MR) is 68.5 cm³/mol. The van der Waals surface area contributed by atoms with Crippen molar-refractivity contribution in [1.29, 1.82) is 0 Å². The van der Waals surface area contributed by atoms with E-state index in [-0.39, 0.29) is 16.4 Å². The molecule has 0 radical (unpaired) electrons. The summed E-state index contributed by atoms with van der Waals surface area (Å²) < 4.78 is 0.944. The average Bonchev–Trinajstić information content (AvgIpc) is 2.39. The van der Waals surface area contributed by atoms with Crippen LogP contribution in [-0.4, -0.2) is 25.8 Å². The average molecular weight is 296 g/mol. The number of nitro benzene ring substituents is 1. The quantitative estimate of drug-likeness (QED) is 0.677. The van der Waals surface area contributed by atoms with Gasteiger partial charge in [0.15, 0.2) is 0 Å². The van der Waals surface area contributed by atoms with Crippen molar-refractivity contribution in [3.05, 3.63) is 61.5 Å². The van der Waals surface area contributed by atoms with Crippen molar-refractivity contribution in [1.82, 2.24) is 9.78 Å². The van der Waals surface area contributed by atoms with Crippen LogP contribution in [0, 0.1) is 10.1 Å². The van der Waals surface area contributed by atoms with E-state index in [4.69, 9.17) is 16.7 Å². The Morgan fingerprint density at radius 1 is 1.40 bits per heavy atom. The van der Waals surface area contributed by atoms with E-state index in [1.807, 2.05) is 0 Å². The van der Waals surface area contributed by atoms with Gasteiger partial charge in [0, 0.05) is 23.4 Å². The number of rotatable bonds is 3. The maximum Gasteiger partial charge on any atom is 0.360 e. The van der Waals surface area contributed by atoms with Gasteiger partial charge in [0.1, 0.15) is 5.69 Å². The summed E-state index contributed by atoms with van der Waals surface area (Å²) in [6.07, 6.45) is 1.14. The van der Waals surface area contributed by atoms with Gasteiger partial charge in [0.2, 0.25) is 11.1 Å². The Morgan fingerprint density at radius 2 is 2.10 bits per heavy atom. The number of carbonyl (C=O) groups is 1. The van der Waals surface area contributed by atoms with Crippen molar-refractivity contribution in [2.24, 2.45) is 0 Å². The van der Waals surface area contributed by atoms with Gasteiger partial charge in [0.05, 0.1) is 4.92 Å². The highest BCUT2D eigenvalue weighted by Crippen LogP contribution is 2.25. The summed E-state index contributed by atoms with van der Waals surface area (Å²) in [5.74, 6) is -1.51. The lowest BCUT2D eigenvalue weighted by molar-refractivity contribution is -0.384. The molecule has 1 aromatic carbocycles. The van der Waals surface area contributed by atoms with Crippen LogP contribution in [0.25, 0.3) is 5.69 Å². The highest BCUT2D eigenvalue weighted by molar-refractivity contribution is 6.30. The largest absolute Gasteiger partial charge is 0.476 e. The molecule has 0 atom stereocenters. The Kier molecular flexibility index (Phi) is 3.49. The van der Waals surface area contributed by atoms with E-state index < -0.39 is 22.0 Å². The summed E-state index contributed by atoms with van der Waals surface area (Å²) in [5.41, 5.74) is -1.87. The van der Waals surface area contributed by atoms with Gasteiger partial charge < -0.3 is 5.11 Å². The third kappa shape index (κ3) is 2.50. The van der Waals surface area contributed by atoms with Gasteiger partial charge >= 0.3 is 5.97 Å². The summed E-state index contributed by atoms with van der Waals surface area (Å²) in [6.45, 7) is 0. The fourth-order valence-electron chi connectivity index (χ4n) is 1.53. The number of aromatic carboxylic acids is 1. The Morgan fingerprint density at radius 3 is 2.70 bits per heavy atom. The lowest BCUT2D eigenvalue weighted by Gasteiger charge is -2.06. The molecular formula is C11H6ClN3O5. The van der Waals surface area contributed by atoms with Crippen molar-refractivity contribution >= 4 is 23.3 Å². The predicted octanol–water partition coefficient (Wildman–Crippen LogP) is 1.49. The highest BCUT2D eigenvalue weighted by Gasteiger charge is 2.18. The third-order valence-corrected chi connectivity index (χ3v) is 2.63. The Bertz CT molecular complexity index is 771. The Labute approximate surface area is 116 Å². The number of carboxylic acids is 1. The zero-order valence-corrected chi connectivity index (χ0v) is 10.4. The monoisotopic (exact) mass is 295 g/mol. The summed E-state index contributed by atoms with van der Waals surface area (Å²) in [5, 5.41) is 23.5.